The molecule has 1 aliphatic carbocycles. The maximum atomic E-state index is 12.2. The fourth-order valence-corrected chi connectivity index (χ4v) is 3.36. The predicted octanol–water partition coefficient (Wildman–Crippen LogP) is 2.90. The molecule has 1 atom stereocenters. The van der Waals surface area contributed by atoms with Gasteiger partial charge in [0.2, 0.25) is 6.10 Å². The Bertz CT molecular complexity index is 500. The van der Waals surface area contributed by atoms with Crippen molar-refractivity contribution in [1.29, 1.82) is 0 Å². The van der Waals surface area contributed by atoms with E-state index in [-0.39, 0.29) is 12.5 Å². The molecule has 1 fully saturated rings. The number of fused-ring (bicyclic) bond motifs is 1. The molecule has 4 nitrogen and oxygen atoms in total. The quantitative estimate of drug-likeness (QED) is 0.850. The van der Waals surface area contributed by atoms with Gasteiger partial charge in [-0.05, 0) is 43.7 Å². The van der Waals surface area contributed by atoms with Crippen molar-refractivity contribution in [2.24, 2.45) is 5.92 Å². The zero-order valence-electron chi connectivity index (χ0n) is 11.9. The Kier molecular flexibility index (Phi) is 4.68. The fourth-order valence-electron chi connectivity index (χ4n) is 2.83. The first-order valence-electron chi connectivity index (χ1n) is 7.52. The molecular weight excluding hydrogens is 334 g/mol. The topological polar surface area (TPSA) is 47.6 Å². The molecule has 1 aromatic carbocycles. The molecule has 0 aromatic heterocycles. The maximum absolute atomic E-state index is 12.2. The second-order valence-corrected chi connectivity index (χ2v) is 7.02. The first kappa shape index (κ1) is 14.7. The van der Waals surface area contributed by atoms with E-state index in [2.05, 4.69) is 21.2 Å². The van der Waals surface area contributed by atoms with Crippen molar-refractivity contribution >= 4 is 21.8 Å². The van der Waals surface area contributed by atoms with E-state index >= 15 is 0 Å². The number of carbonyl (C=O) groups excluding carboxylic acids is 1. The molecule has 3 rings (SSSR count). The summed E-state index contributed by atoms with van der Waals surface area (Å²) in [6.07, 6.45) is 4.17. The van der Waals surface area contributed by atoms with Crippen molar-refractivity contribution in [2.75, 3.05) is 13.2 Å². The molecule has 5 heteroatoms. The summed E-state index contributed by atoms with van der Waals surface area (Å²) in [5.41, 5.74) is 0. The fraction of sp³-hybridized carbons (Fsp3) is 0.562. The smallest absolute Gasteiger partial charge is 0.264 e. The summed E-state index contributed by atoms with van der Waals surface area (Å²) in [4.78, 5) is 12.8. The minimum atomic E-state index is -0.549. The molecule has 0 saturated heterocycles. The molecule has 1 unspecified atom stereocenters. The van der Waals surface area contributed by atoms with Crippen LogP contribution in [0.3, 0.4) is 0 Å². The third kappa shape index (κ3) is 3.70. The first-order chi connectivity index (χ1) is 10.2. The minimum absolute atomic E-state index is 0.0783. The number of carbonyl (C=O) groups is 1. The van der Waals surface area contributed by atoms with Gasteiger partial charge in [0, 0.05) is 11.4 Å². The third-order valence-electron chi connectivity index (χ3n) is 4.14. The van der Waals surface area contributed by atoms with Gasteiger partial charge in [0.1, 0.15) is 6.61 Å². The highest BCUT2D eigenvalue weighted by atomic mass is 79.9. The van der Waals surface area contributed by atoms with E-state index in [1.165, 1.54) is 25.7 Å². The summed E-state index contributed by atoms with van der Waals surface area (Å²) in [6.45, 7) is 1.01. The van der Waals surface area contributed by atoms with Crippen LogP contribution in [0.4, 0.5) is 0 Å². The van der Waals surface area contributed by atoms with E-state index in [1.807, 2.05) is 24.3 Å². The van der Waals surface area contributed by atoms with Crippen LogP contribution in [0.1, 0.15) is 25.7 Å². The number of para-hydroxylation sites is 2. The van der Waals surface area contributed by atoms with Gasteiger partial charge in [-0.1, -0.05) is 28.1 Å². The van der Waals surface area contributed by atoms with Crippen LogP contribution in [0.2, 0.25) is 0 Å². The van der Waals surface area contributed by atoms with Gasteiger partial charge >= 0.3 is 0 Å². The Morgan fingerprint density at radius 2 is 1.90 bits per heavy atom. The molecule has 1 saturated carbocycles. The summed E-state index contributed by atoms with van der Waals surface area (Å²) in [5, 5.41) is 3.01. The Morgan fingerprint density at radius 3 is 2.67 bits per heavy atom. The van der Waals surface area contributed by atoms with E-state index < -0.39 is 6.10 Å². The molecule has 1 amide bonds. The number of rotatable bonds is 3. The number of hydrogen-bond acceptors (Lipinski definition) is 3. The normalized spacial score (nSPS) is 28.0. The number of amides is 1. The number of alkyl halides is 1. The number of nitrogens with one attached hydrogen (secondary N) is 1. The van der Waals surface area contributed by atoms with Crippen LogP contribution in [0, 0.1) is 5.92 Å². The largest absolute Gasteiger partial charge is 0.485 e. The van der Waals surface area contributed by atoms with Crippen LogP contribution >= 0.6 is 15.9 Å². The predicted molar refractivity (Wildman–Crippen MR) is 84.0 cm³/mol. The van der Waals surface area contributed by atoms with Gasteiger partial charge in [0.15, 0.2) is 11.5 Å². The van der Waals surface area contributed by atoms with Crippen molar-refractivity contribution < 1.29 is 14.3 Å². The summed E-state index contributed by atoms with van der Waals surface area (Å²) < 4.78 is 11.3. The van der Waals surface area contributed by atoms with Crippen molar-refractivity contribution in [3.63, 3.8) is 0 Å². The minimum Gasteiger partial charge on any atom is -0.485 e. The highest BCUT2D eigenvalue weighted by Gasteiger charge is 2.28. The number of halogens is 1. The van der Waals surface area contributed by atoms with Crippen molar-refractivity contribution in [3.8, 4) is 11.5 Å². The van der Waals surface area contributed by atoms with Gasteiger partial charge in [0.25, 0.3) is 5.91 Å². The van der Waals surface area contributed by atoms with Gasteiger partial charge in [-0.15, -0.1) is 0 Å². The summed E-state index contributed by atoms with van der Waals surface area (Å²) >= 11 is 3.65. The Labute approximate surface area is 133 Å². The van der Waals surface area contributed by atoms with Gasteiger partial charge in [0.05, 0.1) is 0 Å². The van der Waals surface area contributed by atoms with Gasteiger partial charge in [-0.3, -0.25) is 4.79 Å². The second kappa shape index (κ2) is 6.69. The van der Waals surface area contributed by atoms with E-state index in [4.69, 9.17) is 9.47 Å². The van der Waals surface area contributed by atoms with E-state index in [1.54, 1.807) is 0 Å². The highest BCUT2D eigenvalue weighted by molar-refractivity contribution is 9.09. The van der Waals surface area contributed by atoms with Gasteiger partial charge in [-0.2, -0.15) is 0 Å². The van der Waals surface area contributed by atoms with Crippen LogP contribution in [0.5, 0.6) is 11.5 Å². The molecule has 2 aliphatic rings. The van der Waals surface area contributed by atoms with Crippen LogP contribution in [-0.4, -0.2) is 30.0 Å². The lowest BCUT2D eigenvalue weighted by Gasteiger charge is -2.28. The molecule has 0 spiro atoms. The lowest BCUT2D eigenvalue weighted by molar-refractivity contribution is -0.130. The molecule has 0 radical (unpaired) electrons. The maximum Gasteiger partial charge on any atom is 0.264 e. The monoisotopic (exact) mass is 353 g/mol. The zero-order valence-corrected chi connectivity index (χ0v) is 13.5. The Hall–Kier alpha value is -1.23. The molecule has 1 aromatic rings. The molecule has 1 heterocycles. The summed E-state index contributed by atoms with van der Waals surface area (Å²) in [5.74, 6) is 1.85. The second-order valence-electron chi connectivity index (χ2n) is 5.73. The van der Waals surface area contributed by atoms with E-state index in [9.17, 15) is 4.79 Å². The van der Waals surface area contributed by atoms with Crippen LogP contribution in [0.15, 0.2) is 24.3 Å². The van der Waals surface area contributed by atoms with Crippen LogP contribution in [-0.2, 0) is 4.79 Å². The third-order valence-corrected chi connectivity index (χ3v) is 5.06. The molecule has 0 bridgehead atoms. The zero-order chi connectivity index (χ0) is 14.7. The lowest BCUT2D eigenvalue weighted by Crippen LogP contribution is -2.45. The molecule has 1 N–H and O–H groups in total. The van der Waals surface area contributed by atoms with Crippen molar-refractivity contribution in [1.82, 2.24) is 5.32 Å². The van der Waals surface area contributed by atoms with Gasteiger partial charge < -0.3 is 14.8 Å². The summed E-state index contributed by atoms with van der Waals surface area (Å²) in [7, 11) is 0. The SMILES string of the molecule is O=C(NCC1CCC(Br)CC1)C1COc2ccccc2O1. The average molecular weight is 354 g/mol. The number of hydrogen-bond donors (Lipinski definition) is 1. The highest BCUT2D eigenvalue weighted by Crippen LogP contribution is 2.31. The van der Waals surface area contributed by atoms with E-state index in [0.29, 0.717) is 22.2 Å². The molecular formula is C16H20BrNO3. The molecule has 21 heavy (non-hydrogen) atoms. The Morgan fingerprint density at radius 1 is 1.19 bits per heavy atom. The Balaban J connectivity index is 1.48. The molecule has 1 aliphatic heterocycles. The van der Waals surface area contributed by atoms with Crippen LogP contribution in [0.25, 0.3) is 0 Å². The molecule has 114 valence electrons. The van der Waals surface area contributed by atoms with Gasteiger partial charge in [-0.25, -0.2) is 0 Å². The standard InChI is InChI=1S/C16H20BrNO3/c17-12-7-5-11(6-8-12)9-18-16(19)15-10-20-13-3-1-2-4-14(13)21-15/h1-4,11-12,15H,5-10H2,(H,18,19). The van der Waals surface area contributed by atoms with Crippen LogP contribution < -0.4 is 14.8 Å². The average Bonchev–Trinajstić information content (AvgIpc) is 2.53. The van der Waals surface area contributed by atoms with E-state index in [0.717, 1.165) is 6.54 Å². The number of ether oxygens (including phenoxy) is 2. The van der Waals surface area contributed by atoms with Crippen molar-refractivity contribution in [3.05, 3.63) is 24.3 Å². The summed E-state index contributed by atoms with van der Waals surface area (Å²) in [6, 6.07) is 7.44. The lowest BCUT2D eigenvalue weighted by atomic mass is 9.89. The number of benzene rings is 1. The first-order valence-corrected chi connectivity index (χ1v) is 8.44. The van der Waals surface area contributed by atoms with Crippen molar-refractivity contribution in [2.45, 2.75) is 36.6 Å².